The zero-order valence-corrected chi connectivity index (χ0v) is 28.3. The molecule has 2 aromatic carbocycles. The van der Waals surface area contributed by atoms with Crippen molar-refractivity contribution in [2.24, 2.45) is 0 Å². The molecular formula is C30H34IN9O4S. The lowest BCUT2D eigenvalue weighted by Gasteiger charge is -2.18. The van der Waals surface area contributed by atoms with Crippen LogP contribution in [0.2, 0.25) is 0 Å². The fourth-order valence-corrected chi connectivity index (χ4v) is 5.20. The van der Waals surface area contributed by atoms with Crippen LogP contribution in [-0.4, -0.2) is 37.1 Å². The van der Waals surface area contributed by atoms with Crippen LogP contribution < -0.4 is 37.1 Å². The largest absolute Gasteiger partial charge is 0.507 e. The third kappa shape index (κ3) is 8.10. The Labute approximate surface area is 278 Å². The highest BCUT2D eigenvalue weighted by Gasteiger charge is 2.19. The first-order valence-electron chi connectivity index (χ1n) is 13.6. The highest BCUT2D eigenvalue weighted by atomic mass is 127. The zero-order valence-electron chi connectivity index (χ0n) is 25.3. The second-order valence-electron chi connectivity index (χ2n) is 10.3. The van der Waals surface area contributed by atoms with Crippen molar-refractivity contribution >= 4 is 57.5 Å². The molecular weight excluding hydrogens is 709 g/mol. The van der Waals surface area contributed by atoms with E-state index in [1.807, 2.05) is 48.6 Å². The van der Waals surface area contributed by atoms with E-state index in [-0.39, 0.29) is 41.1 Å². The lowest BCUT2D eigenvalue weighted by Crippen LogP contribution is -2.03. The molecule has 0 unspecified atom stereocenters. The predicted octanol–water partition coefficient (Wildman–Crippen LogP) is 6.56. The molecule has 5 aromatic rings. The summed E-state index contributed by atoms with van der Waals surface area (Å²) in [5, 5.41) is 9.80. The predicted molar refractivity (Wildman–Crippen MR) is 185 cm³/mol. The van der Waals surface area contributed by atoms with Gasteiger partial charge in [-0.1, -0.05) is 27.7 Å². The number of aromatic nitrogens is 5. The van der Waals surface area contributed by atoms with Gasteiger partial charge in [0, 0.05) is 22.9 Å². The summed E-state index contributed by atoms with van der Waals surface area (Å²) in [7, 11) is 1.65. The number of aromatic hydroxyl groups is 1. The zero-order chi connectivity index (χ0) is 32.8. The summed E-state index contributed by atoms with van der Waals surface area (Å²) in [6.45, 7) is 8.18. The molecule has 3 aromatic heterocycles. The number of methoxy groups -OCH3 is 1. The number of hydrogen-bond donors (Lipinski definition) is 5. The Hall–Kier alpha value is -4.64. The molecule has 0 amide bonds. The smallest absolute Gasteiger partial charge is 0.222 e. The van der Waals surface area contributed by atoms with E-state index in [1.165, 1.54) is 23.7 Å². The molecule has 0 aliphatic rings. The van der Waals surface area contributed by atoms with Crippen LogP contribution in [0, 0.1) is 3.57 Å². The first-order valence-corrected chi connectivity index (χ1v) is 15.6. The topological polar surface area (TPSA) is 216 Å². The van der Waals surface area contributed by atoms with Crippen LogP contribution in [0.3, 0.4) is 0 Å². The molecule has 13 nitrogen and oxygen atoms in total. The molecule has 3 heterocycles. The van der Waals surface area contributed by atoms with Crippen LogP contribution in [0.5, 0.6) is 34.5 Å². The number of phenolic OH excluding ortho intramolecular Hbond substituents is 1. The SMILES string of the molecule is CC(C)c1cc(O)c(I)cc1Oc1cnc(N)nc1N.COc1cc(C(C)C)c(Oc2cnc(N)nc2N)cc1-c1cncs1. The van der Waals surface area contributed by atoms with E-state index in [1.54, 1.807) is 30.9 Å². The van der Waals surface area contributed by atoms with Gasteiger partial charge in [-0.3, -0.25) is 4.98 Å². The van der Waals surface area contributed by atoms with E-state index in [2.05, 4.69) is 38.8 Å². The number of thiazole rings is 1. The molecule has 0 aliphatic carbocycles. The third-order valence-corrected chi connectivity index (χ3v) is 8.07. The van der Waals surface area contributed by atoms with Crippen molar-refractivity contribution in [3.8, 4) is 44.9 Å². The Bertz CT molecular complexity index is 1790. The minimum Gasteiger partial charge on any atom is -0.507 e. The number of ether oxygens (including phenoxy) is 3. The molecule has 0 bridgehead atoms. The van der Waals surface area contributed by atoms with E-state index in [9.17, 15) is 5.11 Å². The molecule has 45 heavy (non-hydrogen) atoms. The van der Waals surface area contributed by atoms with Gasteiger partial charge in [0.15, 0.2) is 23.1 Å². The maximum atomic E-state index is 9.80. The Morgan fingerprint density at radius 1 is 0.733 bits per heavy atom. The van der Waals surface area contributed by atoms with Gasteiger partial charge in [-0.25, -0.2) is 9.97 Å². The van der Waals surface area contributed by atoms with E-state index in [0.29, 0.717) is 26.6 Å². The Morgan fingerprint density at radius 2 is 1.27 bits per heavy atom. The second-order valence-corrected chi connectivity index (χ2v) is 12.3. The van der Waals surface area contributed by atoms with Gasteiger partial charge in [-0.15, -0.1) is 11.3 Å². The number of nitrogens with two attached hydrogens (primary N) is 4. The number of halogens is 1. The molecule has 5 rings (SSSR count). The van der Waals surface area contributed by atoms with Crippen molar-refractivity contribution in [3.63, 3.8) is 0 Å². The summed E-state index contributed by atoms with van der Waals surface area (Å²) >= 11 is 3.56. The van der Waals surface area contributed by atoms with Gasteiger partial charge in [-0.05, 0) is 58.7 Å². The van der Waals surface area contributed by atoms with Gasteiger partial charge in [0.25, 0.3) is 0 Å². The summed E-state index contributed by atoms with van der Waals surface area (Å²) in [6, 6.07) is 7.35. The van der Waals surface area contributed by atoms with Gasteiger partial charge >= 0.3 is 0 Å². The van der Waals surface area contributed by atoms with Crippen molar-refractivity contribution in [1.82, 2.24) is 24.9 Å². The van der Waals surface area contributed by atoms with Crippen LogP contribution in [-0.2, 0) is 0 Å². The quantitative estimate of drug-likeness (QED) is 0.107. The second kappa shape index (κ2) is 14.4. The Kier molecular flexibility index (Phi) is 10.7. The fraction of sp³-hybridized carbons (Fsp3) is 0.233. The van der Waals surface area contributed by atoms with E-state index in [4.69, 9.17) is 37.1 Å². The Balaban J connectivity index is 0.000000210. The molecule has 0 radical (unpaired) electrons. The maximum Gasteiger partial charge on any atom is 0.222 e. The lowest BCUT2D eigenvalue weighted by atomic mass is 9.99. The molecule has 0 spiro atoms. The number of nitrogen functional groups attached to an aromatic ring is 4. The van der Waals surface area contributed by atoms with Crippen LogP contribution >= 0.6 is 33.9 Å². The molecule has 0 fully saturated rings. The highest BCUT2D eigenvalue weighted by Crippen LogP contribution is 2.42. The third-order valence-electron chi connectivity index (χ3n) is 6.40. The maximum absolute atomic E-state index is 9.80. The summed E-state index contributed by atoms with van der Waals surface area (Å²) in [4.78, 5) is 20.7. The highest BCUT2D eigenvalue weighted by molar-refractivity contribution is 14.1. The van der Waals surface area contributed by atoms with Crippen LogP contribution in [0.4, 0.5) is 23.5 Å². The van der Waals surface area contributed by atoms with E-state index in [0.717, 1.165) is 27.3 Å². The first-order chi connectivity index (χ1) is 21.4. The lowest BCUT2D eigenvalue weighted by molar-refractivity contribution is 0.413. The van der Waals surface area contributed by atoms with Gasteiger partial charge in [0.2, 0.25) is 11.9 Å². The van der Waals surface area contributed by atoms with Crippen LogP contribution in [0.25, 0.3) is 10.4 Å². The van der Waals surface area contributed by atoms with Crippen molar-refractivity contribution in [2.75, 3.05) is 30.0 Å². The number of hydrogen-bond acceptors (Lipinski definition) is 14. The number of benzene rings is 2. The van der Waals surface area contributed by atoms with Crippen LogP contribution in [0.15, 0.2) is 48.4 Å². The van der Waals surface area contributed by atoms with E-state index >= 15 is 0 Å². The van der Waals surface area contributed by atoms with Crippen molar-refractivity contribution in [2.45, 2.75) is 39.5 Å². The first kappa shape index (κ1) is 33.3. The molecule has 236 valence electrons. The van der Waals surface area contributed by atoms with Crippen molar-refractivity contribution in [3.05, 3.63) is 63.1 Å². The molecule has 0 atom stereocenters. The summed E-state index contributed by atoms with van der Waals surface area (Å²) in [6.07, 6.45) is 4.70. The number of phenols is 1. The summed E-state index contributed by atoms with van der Waals surface area (Å²) in [5.74, 6) is 3.94. The number of nitrogens with zero attached hydrogens (tertiary/aromatic N) is 5. The monoisotopic (exact) mass is 743 g/mol. The fourth-order valence-electron chi connectivity index (χ4n) is 4.12. The van der Waals surface area contributed by atoms with Crippen molar-refractivity contribution in [1.29, 1.82) is 0 Å². The Morgan fingerprint density at radius 3 is 1.73 bits per heavy atom. The minimum absolute atomic E-state index is 0.0965. The molecule has 0 saturated heterocycles. The average molecular weight is 744 g/mol. The van der Waals surface area contributed by atoms with Crippen molar-refractivity contribution < 1.29 is 19.3 Å². The van der Waals surface area contributed by atoms with E-state index < -0.39 is 0 Å². The van der Waals surface area contributed by atoms with Gasteiger partial charge < -0.3 is 42.3 Å². The number of rotatable bonds is 8. The molecule has 0 aliphatic heterocycles. The normalized spacial score (nSPS) is 10.8. The summed E-state index contributed by atoms with van der Waals surface area (Å²) in [5.41, 5.74) is 27.2. The average Bonchev–Trinajstić information content (AvgIpc) is 3.52. The molecule has 0 saturated carbocycles. The van der Waals surface area contributed by atoms with Crippen LogP contribution in [0.1, 0.15) is 50.7 Å². The van der Waals surface area contributed by atoms with Gasteiger partial charge in [0.05, 0.1) is 33.5 Å². The molecule has 9 N–H and O–H groups in total. The standard InChI is InChI=1S/C17H19N5O2S.C13H15IN4O2/c1-9(2)10-4-12(23-3)11(15-7-20-8-25-15)5-13(10)24-14-6-21-17(19)22-16(14)18;1-6(2)7-3-9(19)8(14)4-10(7)20-11-5-17-13(16)18-12(11)15/h4-9H,1-3H3,(H4,18,19,21,22);3-6,19H,1-2H3,(H4,15,16,17,18). The number of anilines is 4. The van der Waals surface area contributed by atoms with Gasteiger partial charge in [0.1, 0.15) is 23.0 Å². The van der Waals surface area contributed by atoms with Gasteiger partial charge in [-0.2, -0.15) is 9.97 Å². The molecule has 15 heteroatoms. The minimum atomic E-state index is 0.0965. The summed E-state index contributed by atoms with van der Waals surface area (Å²) < 4.78 is 18.0.